The number of unbranched alkanes of at least 4 members (excludes halogenated alkanes) is 1. The number of hydrogen-bond donors (Lipinski definition) is 1. The number of ether oxygens (including phenoxy) is 2. The Labute approximate surface area is 134 Å². The molecule has 0 amide bonds. The van der Waals surface area contributed by atoms with Crippen molar-refractivity contribution in [2.24, 2.45) is 4.99 Å². The number of nitrogens with zero attached hydrogens (tertiary/aromatic N) is 2. The second-order valence-corrected chi connectivity index (χ2v) is 5.31. The molecule has 0 saturated heterocycles. The van der Waals surface area contributed by atoms with E-state index in [1.54, 1.807) is 14.2 Å². The third-order valence-corrected chi connectivity index (χ3v) is 3.36. The van der Waals surface area contributed by atoms with Gasteiger partial charge in [-0.05, 0) is 37.6 Å². The molecule has 0 aliphatic rings. The lowest BCUT2D eigenvalue weighted by atomic mass is 10.3. The van der Waals surface area contributed by atoms with Crippen molar-refractivity contribution in [3.63, 3.8) is 0 Å². The van der Waals surface area contributed by atoms with Crippen LogP contribution in [0.5, 0.6) is 11.5 Å². The minimum absolute atomic E-state index is 0.0460. The fourth-order valence-electron chi connectivity index (χ4n) is 2.05. The second-order valence-electron chi connectivity index (χ2n) is 5.31. The summed E-state index contributed by atoms with van der Waals surface area (Å²) in [5, 5.41) is 3.35. The van der Waals surface area contributed by atoms with Gasteiger partial charge in [0.15, 0.2) is 5.96 Å². The molecule has 0 aliphatic heterocycles. The van der Waals surface area contributed by atoms with Crippen molar-refractivity contribution < 1.29 is 9.47 Å². The summed E-state index contributed by atoms with van der Waals surface area (Å²) in [7, 11) is 5.52. The summed E-state index contributed by atoms with van der Waals surface area (Å²) in [4.78, 5) is 6.44. The summed E-state index contributed by atoms with van der Waals surface area (Å²) < 4.78 is 11.0. The minimum Gasteiger partial charge on any atom is -0.497 e. The van der Waals surface area contributed by atoms with Crippen molar-refractivity contribution in [2.75, 3.05) is 34.3 Å². The Kier molecular flexibility index (Phi) is 8.18. The second kappa shape index (κ2) is 9.92. The van der Waals surface area contributed by atoms with E-state index < -0.39 is 0 Å². The summed E-state index contributed by atoms with van der Waals surface area (Å²) in [5.74, 6) is 2.57. The molecule has 0 spiro atoms. The molecule has 0 fully saturated rings. The number of rotatable bonds is 8. The van der Waals surface area contributed by atoms with Gasteiger partial charge in [0.2, 0.25) is 0 Å². The molecule has 1 rings (SSSR count). The van der Waals surface area contributed by atoms with Crippen LogP contribution in [0.2, 0.25) is 0 Å². The molecule has 1 aromatic rings. The quantitative estimate of drug-likeness (QED) is 0.592. The number of hydrogen-bond acceptors (Lipinski definition) is 3. The predicted molar refractivity (Wildman–Crippen MR) is 92.0 cm³/mol. The van der Waals surface area contributed by atoms with Crippen molar-refractivity contribution in [2.45, 2.75) is 32.8 Å². The van der Waals surface area contributed by atoms with Gasteiger partial charge in [0.05, 0.1) is 13.7 Å². The van der Waals surface area contributed by atoms with E-state index in [9.17, 15) is 0 Å². The molecule has 1 N–H and O–H groups in total. The Balaban J connectivity index is 2.41. The van der Waals surface area contributed by atoms with Gasteiger partial charge in [0.1, 0.15) is 17.6 Å². The highest BCUT2D eigenvalue weighted by molar-refractivity contribution is 5.79. The Hall–Kier alpha value is -1.91. The van der Waals surface area contributed by atoms with E-state index in [2.05, 4.69) is 29.2 Å². The van der Waals surface area contributed by atoms with Crippen LogP contribution < -0.4 is 14.8 Å². The molecule has 0 bridgehead atoms. The number of nitrogens with one attached hydrogen (secondary N) is 1. The smallest absolute Gasteiger partial charge is 0.193 e. The van der Waals surface area contributed by atoms with Gasteiger partial charge in [-0.25, -0.2) is 0 Å². The van der Waals surface area contributed by atoms with E-state index in [1.165, 1.54) is 6.42 Å². The average molecular weight is 307 g/mol. The van der Waals surface area contributed by atoms with E-state index in [1.807, 2.05) is 31.2 Å². The van der Waals surface area contributed by atoms with Gasteiger partial charge in [0.25, 0.3) is 0 Å². The van der Waals surface area contributed by atoms with E-state index >= 15 is 0 Å². The summed E-state index contributed by atoms with van der Waals surface area (Å²) in [6.45, 7) is 5.93. The van der Waals surface area contributed by atoms with Crippen molar-refractivity contribution in [3.05, 3.63) is 24.3 Å². The Bertz CT molecular complexity index is 446. The van der Waals surface area contributed by atoms with Gasteiger partial charge in [-0.15, -0.1) is 0 Å². The average Bonchev–Trinajstić information content (AvgIpc) is 2.54. The molecule has 1 aromatic carbocycles. The third-order valence-electron chi connectivity index (χ3n) is 3.36. The first-order chi connectivity index (χ1) is 10.6. The molecule has 0 aliphatic carbocycles. The fourth-order valence-corrected chi connectivity index (χ4v) is 2.05. The molecule has 0 radical (unpaired) electrons. The molecule has 1 atom stereocenters. The van der Waals surface area contributed by atoms with Gasteiger partial charge < -0.3 is 19.7 Å². The maximum atomic E-state index is 5.88. The number of benzene rings is 1. The van der Waals surface area contributed by atoms with E-state index in [-0.39, 0.29) is 6.10 Å². The van der Waals surface area contributed by atoms with Crippen LogP contribution in [-0.2, 0) is 0 Å². The van der Waals surface area contributed by atoms with Gasteiger partial charge in [-0.1, -0.05) is 13.3 Å². The standard InChI is InChI=1S/C17H29N3O2/c1-6-7-12-20(4)17(18-3)19-13-14(2)22-16-10-8-15(21-5)9-11-16/h8-11,14H,6-7,12-13H2,1-5H3,(H,18,19). The van der Waals surface area contributed by atoms with E-state index in [4.69, 9.17) is 9.47 Å². The molecule has 22 heavy (non-hydrogen) atoms. The van der Waals surface area contributed by atoms with Crippen molar-refractivity contribution >= 4 is 5.96 Å². The summed E-state index contributed by atoms with van der Waals surface area (Å²) in [5.41, 5.74) is 0. The molecule has 1 unspecified atom stereocenters. The van der Waals surface area contributed by atoms with Gasteiger partial charge in [0, 0.05) is 20.6 Å². The number of methoxy groups -OCH3 is 1. The minimum atomic E-state index is 0.0460. The first-order valence-corrected chi connectivity index (χ1v) is 7.83. The Morgan fingerprint density at radius 1 is 1.27 bits per heavy atom. The lowest BCUT2D eigenvalue weighted by molar-refractivity contribution is 0.222. The normalized spacial score (nSPS) is 12.7. The van der Waals surface area contributed by atoms with Crippen LogP contribution in [0.1, 0.15) is 26.7 Å². The molecular formula is C17H29N3O2. The monoisotopic (exact) mass is 307 g/mol. The van der Waals surface area contributed by atoms with E-state index in [0.717, 1.165) is 30.4 Å². The topological polar surface area (TPSA) is 46.1 Å². The molecule has 0 heterocycles. The lowest BCUT2D eigenvalue weighted by Crippen LogP contribution is -2.43. The van der Waals surface area contributed by atoms with E-state index in [0.29, 0.717) is 6.54 Å². The number of aliphatic imine (C=N–C) groups is 1. The molecule has 5 heteroatoms. The first kappa shape index (κ1) is 18.1. The van der Waals surface area contributed by atoms with Crippen LogP contribution in [0.4, 0.5) is 0 Å². The summed E-state index contributed by atoms with van der Waals surface area (Å²) in [6.07, 6.45) is 2.39. The van der Waals surface area contributed by atoms with Crippen molar-refractivity contribution in [1.82, 2.24) is 10.2 Å². The van der Waals surface area contributed by atoms with Crippen molar-refractivity contribution in [1.29, 1.82) is 0 Å². The maximum absolute atomic E-state index is 5.88. The molecule has 5 nitrogen and oxygen atoms in total. The van der Waals surface area contributed by atoms with Crippen molar-refractivity contribution in [3.8, 4) is 11.5 Å². The zero-order valence-corrected chi connectivity index (χ0v) is 14.4. The first-order valence-electron chi connectivity index (χ1n) is 7.83. The highest BCUT2D eigenvalue weighted by Gasteiger charge is 2.09. The predicted octanol–water partition coefficient (Wildman–Crippen LogP) is 2.77. The highest BCUT2D eigenvalue weighted by Crippen LogP contribution is 2.17. The Morgan fingerprint density at radius 3 is 2.45 bits per heavy atom. The molecule has 0 saturated carbocycles. The zero-order valence-electron chi connectivity index (χ0n) is 14.4. The van der Waals surface area contributed by atoms with Crippen LogP contribution in [0.15, 0.2) is 29.3 Å². The summed E-state index contributed by atoms with van der Waals surface area (Å²) >= 11 is 0. The zero-order chi connectivity index (χ0) is 16.4. The van der Waals surface area contributed by atoms with Crippen LogP contribution in [-0.4, -0.2) is 51.3 Å². The van der Waals surface area contributed by atoms with Crippen LogP contribution in [0.25, 0.3) is 0 Å². The SMILES string of the molecule is CCCCN(C)C(=NC)NCC(C)Oc1ccc(OC)cc1. The Morgan fingerprint density at radius 2 is 1.91 bits per heavy atom. The van der Waals surface area contributed by atoms with Crippen LogP contribution in [0, 0.1) is 0 Å². The molecular weight excluding hydrogens is 278 g/mol. The van der Waals surface area contributed by atoms with Crippen LogP contribution in [0.3, 0.4) is 0 Å². The molecule has 0 aromatic heterocycles. The van der Waals surface area contributed by atoms with Gasteiger partial charge >= 0.3 is 0 Å². The third kappa shape index (κ3) is 6.24. The molecule has 124 valence electrons. The maximum Gasteiger partial charge on any atom is 0.193 e. The number of guanidine groups is 1. The van der Waals surface area contributed by atoms with Gasteiger partial charge in [-0.2, -0.15) is 0 Å². The van der Waals surface area contributed by atoms with Crippen LogP contribution >= 0.6 is 0 Å². The highest BCUT2D eigenvalue weighted by atomic mass is 16.5. The fraction of sp³-hybridized carbons (Fsp3) is 0.588. The van der Waals surface area contributed by atoms with Gasteiger partial charge in [-0.3, -0.25) is 4.99 Å². The lowest BCUT2D eigenvalue weighted by Gasteiger charge is -2.23. The summed E-state index contributed by atoms with van der Waals surface area (Å²) in [6, 6.07) is 7.62. The largest absolute Gasteiger partial charge is 0.497 e.